The Balaban J connectivity index is 1.57. The Kier molecular flexibility index (Phi) is 5.24. The van der Waals surface area contributed by atoms with E-state index in [-0.39, 0.29) is 16.2 Å². The van der Waals surface area contributed by atoms with Crippen molar-refractivity contribution in [3.63, 3.8) is 0 Å². The highest BCUT2D eigenvalue weighted by molar-refractivity contribution is 7.81. The van der Waals surface area contributed by atoms with Crippen molar-refractivity contribution in [2.45, 2.75) is 6.18 Å². The van der Waals surface area contributed by atoms with Gasteiger partial charge in [0.15, 0.2) is 11.4 Å². The minimum Gasteiger partial charge on any atom is -0.455 e. The van der Waals surface area contributed by atoms with Gasteiger partial charge < -0.3 is 10.1 Å². The van der Waals surface area contributed by atoms with Gasteiger partial charge in [-0.3, -0.25) is 9.55 Å². The smallest absolute Gasteiger partial charge is 0.416 e. The van der Waals surface area contributed by atoms with E-state index in [4.69, 9.17) is 17.0 Å². The fourth-order valence-electron chi connectivity index (χ4n) is 3.03. The maximum Gasteiger partial charge on any atom is 0.416 e. The Morgan fingerprint density at radius 1 is 1.16 bits per heavy atom. The van der Waals surface area contributed by atoms with Crippen LogP contribution in [-0.4, -0.2) is 19.5 Å². The van der Waals surface area contributed by atoms with Crippen LogP contribution in [0.4, 0.5) is 18.9 Å². The summed E-state index contributed by atoms with van der Waals surface area (Å²) in [7, 11) is 1.60. The minimum atomic E-state index is -4.45. The van der Waals surface area contributed by atoms with Crippen LogP contribution in [0.2, 0.25) is 0 Å². The molecule has 0 aliphatic rings. The van der Waals surface area contributed by atoms with Gasteiger partial charge in [-0.2, -0.15) is 13.2 Å². The van der Waals surface area contributed by atoms with Crippen molar-refractivity contribution >= 4 is 34.1 Å². The van der Waals surface area contributed by atoms with Crippen molar-refractivity contribution < 1.29 is 17.9 Å². The molecule has 0 fully saturated rings. The normalized spacial score (nSPS) is 11.5. The number of aromatic amines is 1. The minimum absolute atomic E-state index is 0.141. The number of halogens is 3. The molecule has 4 aromatic rings. The van der Waals surface area contributed by atoms with E-state index in [0.717, 1.165) is 12.1 Å². The van der Waals surface area contributed by atoms with Crippen LogP contribution in [-0.2, 0) is 13.2 Å². The van der Waals surface area contributed by atoms with Gasteiger partial charge in [0.25, 0.3) is 0 Å². The lowest BCUT2D eigenvalue weighted by atomic mass is 10.1. The number of H-pyrrole nitrogens is 1. The van der Waals surface area contributed by atoms with Crippen molar-refractivity contribution in [2.24, 2.45) is 7.05 Å². The van der Waals surface area contributed by atoms with Crippen LogP contribution in [0.3, 0.4) is 0 Å². The third-order valence-corrected chi connectivity index (χ3v) is 4.86. The zero-order valence-corrected chi connectivity index (χ0v) is 16.8. The highest BCUT2D eigenvalue weighted by atomic mass is 32.1. The van der Waals surface area contributed by atoms with E-state index in [2.05, 4.69) is 15.3 Å². The summed E-state index contributed by atoms with van der Waals surface area (Å²) in [4.78, 5) is 18.7. The van der Waals surface area contributed by atoms with E-state index >= 15 is 0 Å². The van der Waals surface area contributed by atoms with Gasteiger partial charge in [0, 0.05) is 36.6 Å². The molecule has 0 saturated heterocycles. The van der Waals surface area contributed by atoms with Crippen LogP contribution in [0.1, 0.15) is 11.1 Å². The zero-order valence-electron chi connectivity index (χ0n) is 16.0. The number of imidazole rings is 1. The number of hydrogen-bond acceptors (Lipinski definition) is 4. The van der Waals surface area contributed by atoms with E-state index in [9.17, 15) is 18.0 Å². The number of pyridine rings is 1. The third-order valence-electron chi connectivity index (χ3n) is 4.52. The van der Waals surface area contributed by atoms with E-state index < -0.39 is 11.7 Å². The van der Waals surface area contributed by atoms with Crippen molar-refractivity contribution in [2.75, 3.05) is 5.32 Å². The lowest BCUT2D eigenvalue weighted by Gasteiger charge is -2.13. The first-order valence-electron chi connectivity index (χ1n) is 9.02. The van der Waals surface area contributed by atoms with Crippen molar-refractivity contribution in [3.8, 4) is 11.5 Å². The number of thiocarbonyl (C=S) groups is 1. The number of alkyl halides is 3. The number of rotatable bonds is 4. The molecule has 2 aromatic heterocycles. The number of anilines is 1. The van der Waals surface area contributed by atoms with Gasteiger partial charge in [0.1, 0.15) is 16.3 Å². The average molecular weight is 444 g/mol. The summed E-state index contributed by atoms with van der Waals surface area (Å²) in [6.45, 7) is 0. The molecule has 0 saturated carbocycles. The fraction of sp³-hybridized carbons (Fsp3) is 0.0952. The summed E-state index contributed by atoms with van der Waals surface area (Å²) in [6.07, 6.45) is -2.94. The first-order valence-corrected chi connectivity index (χ1v) is 9.43. The quantitative estimate of drug-likeness (QED) is 0.440. The topological polar surface area (TPSA) is 71.9 Å². The summed E-state index contributed by atoms with van der Waals surface area (Å²) >= 11 is 5.27. The van der Waals surface area contributed by atoms with Crippen molar-refractivity contribution in [3.05, 3.63) is 82.4 Å². The van der Waals surface area contributed by atoms with E-state index in [0.29, 0.717) is 28.4 Å². The molecule has 2 heterocycles. The van der Waals surface area contributed by atoms with Crippen LogP contribution < -0.4 is 15.7 Å². The maximum absolute atomic E-state index is 13.0. The number of aromatic nitrogens is 3. The van der Waals surface area contributed by atoms with Crippen LogP contribution in [0, 0.1) is 0 Å². The largest absolute Gasteiger partial charge is 0.455 e. The summed E-state index contributed by atoms with van der Waals surface area (Å²) in [6, 6.07) is 13.2. The lowest BCUT2D eigenvalue weighted by Crippen LogP contribution is -2.13. The second kappa shape index (κ2) is 7.88. The maximum atomic E-state index is 13.0. The predicted molar refractivity (Wildman–Crippen MR) is 115 cm³/mol. The number of ether oxygens (including phenoxy) is 1. The predicted octanol–water partition coefficient (Wildman–Crippen LogP) is 4.86. The second-order valence-corrected chi connectivity index (χ2v) is 7.07. The molecule has 6 nitrogen and oxygen atoms in total. The molecule has 0 aliphatic carbocycles. The van der Waals surface area contributed by atoms with Crippen LogP contribution in [0.5, 0.6) is 11.5 Å². The molecule has 0 bridgehead atoms. The van der Waals surface area contributed by atoms with Gasteiger partial charge >= 0.3 is 11.9 Å². The highest BCUT2D eigenvalue weighted by Gasteiger charge is 2.30. The van der Waals surface area contributed by atoms with Gasteiger partial charge in [-0.15, -0.1) is 0 Å². The third kappa shape index (κ3) is 4.29. The molecule has 0 atom stereocenters. The molecule has 0 amide bonds. The molecule has 4 rings (SSSR count). The molecule has 31 heavy (non-hydrogen) atoms. The Morgan fingerprint density at radius 2 is 1.94 bits per heavy atom. The molecule has 2 aromatic carbocycles. The van der Waals surface area contributed by atoms with E-state index in [1.165, 1.54) is 22.9 Å². The zero-order chi connectivity index (χ0) is 22.2. The van der Waals surface area contributed by atoms with Gasteiger partial charge in [-0.25, -0.2) is 9.78 Å². The molecular formula is C21H15F3N4O2S. The summed E-state index contributed by atoms with van der Waals surface area (Å²) < 4.78 is 46.2. The van der Waals surface area contributed by atoms with Gasteiger partial charge in [0.2, 0.25) is 0 Å². The number of nitrogens with zero attached hydrogens (tertiary/aromatic N) is 2. The second-order valence-electron chi connectivity index (χ2n) is 6.66. The molecule has 158 valence electrons. The fourth-order valence-corrected chi connectivity index (χ4v) is 3.27. The molecule has 0 radical (unpaired) electrons. The summed E-state index contributed by atoms with van der Waals surface area (Å²) in [5.74, 6) is 0.862. The van der Waals surface area contributed by atoms with Crippen LogP contribution in [0.25, 0.3) is 11.2 Å². The Morgan fingerprint density at radius 3 is 2.71 bits per heavy atom. The first kappa shape index (κ1) is 20.6. The highest BCUT2D eigenvalue weighted by Crippen LogP contribution is 2.31. The number of hydrogen-bond donors (Lipinski definition) is 2. The van der Waals surface area contributed by atoms with Gasteiger partial charge in [-0.1, -0.05) is 30.4 Å². The molecule has 0 aliphatic heterocycles. The Bertz CT molecular complexity index is 1340. The number of benzene rings is 2. The molecule has 0 unspecified atom stereocenters. The van der Waals surface area contributed by atoms with Gasteiger partial charge in [-0.05, 0) is 24.3 Å². The molecule has 0 spiro atoms. The first-order chi connectivity index (χ1) is 14.7. The van der Waals surface area contributed by atoms with E-state index in [1.54, 1.807) is 37.4 Å². The van der Waals surface area contributed by atoms with E-state index in [1.807, 2.05) is 0 Å². The Hall–Kier alpha value is -3.66. The monoisotopic (exact) mass is 444 g/mol. The Labute approximate surface area is 179 Å². The molecule has 2 N–H and O–H groups in total. The van der Waals surface area contributed by atoms with Crippen molar-refractivity contribution in [1.29, 1.82) is 0 Å². The van der Waals surface area contributed by atoms with Crippen molar-refractivity contribution in [1.82, 2.24) is 14.5 Å². The number of aryl methyl sites for hydroxylation is 1. The summed E-state index contributed by atoms with van der Waals surface area (Å²) in [5, 5.41) is 2.93. The number of fused-ring (bicyclic) bond motifs is 1. The SMILES string of the molecule is Cn1c(=O)[nH]c2nccc(Oc3cccc(NC(=S)c4cccc(C(F)(F)F)c4)c3)c21. The van der Waals surface area contributed by atoms with Crippen LogP contribution in [0.15, 0.2) is 65.6 Å². The standard InChI is InChI=1S/C21H15F3N4O2S/c1-28-17-16(8-9-25-18(17)27-20(28)29)30-15-7-3-6-14(11-15)26-19(31)12-4-2-5-13(10-12)21(22,23)24/h2-11H,1H3,(H,26,31)(H,25,27,29). The molecule has 10 heteroatoms. The number of nitrogens with one attached hydrogen (secondary N) is 2. The van der Waals surface area contributed by atoms with Gasteiger partial charge in [0.05, 0.1) is 5.56 Å². The average Bonchev–Trinajstić information content (AvgIpc) is 3.02. The molecular weight excluding hydrogens is 429 g/mol. The summed E-state index contributed by atoms with van der Waals surface area (Å²) in [5.41, 5.74) is 0.586. The van der Waals surface area contributed by atoms with Crippen LogP contribution >= 0.6 is 12.2 Å². The lowest BCUT2D eigenvalue weighted by molar-refractivity contribution is -0.137.